The summed E-state index contributed by atoms with van der Waals surface area (Å²) in [6, 6.07) is 11.2. The summed E-state index contributed by atoms with van der Waals surface area (Å²) in [6.07, 6.45) is -0.482. The average Bonchev–Trinajstić information content (AvgIpc) is 3.34. The Morgan fingerprint density at radius 3 is 3.00 bits per heavy atom. The van der Waals surface area contributed by atoms with Gasteiger partial charge >= 0.3 is 0 Å². The van der Waals surface area contributed by atoms with Crippen molar-refractivity contribution >= 4 is 22.7 Å². The highest BCUT2D eigenvalue weighted by Crippen LogP contribution is 2.22. The molecule has 0 saturated carbocycles. The molecule has 8 heteroatoms. The minimum absolute atomic E-state index is 0.277. The van der Waals surface area contributed by atoms with Crippen molar-refractivity contribution in [3.05, 3.63) is 59.7 Å². The lowest BCUT2D eigenvalue weighted by Crippen LogP contribution is -2.36. The van der Waals surface area contributed by atoms with Crippen LogP contribution in [0.15, 0.2) is 47.6 Å². The molecule has 0 bridgehead atoms. The quantitative estimate of drug-likeness (QED) is 0.710. The molecule has 1 amide bonds. The lowest BCUT2D eigenvalue weighted by Gasteiger charge is -2.14. The molecule has 0 fully saturated rings. The molecule has 0 unspecified atom stereocenters. The third kappa shape index (κ3) is 3.53. The van der Waals surface area contributed by atoms with Crippen LogP contribution in [0.25, 0.3) is 11.0 Å². The Balaban J connectivity index is 1.41. The van der Waals surface area contributed by atoms with E-state index in [-0.39, 0.29) is 24.2 Å². The fourth-order valence-electron chi connectivity index (χ4n) is 3.07. The second kappa shape index (κ2) is 7.30. The van der Waals surface area contributed by atoms with Crippen LogP contribution in [-0.4, -0.2) is 34.8 Å². The van der Waals surface area contributed by atoms with Gasteiger partial charge < -0.3 is 19.9 Å². The Kier molecular flexibility index (Phi) is 4.68. The molecule has 2 N–H and O–H groups in total. The van der Waals surface area contributed by atoms with E-state index < -0.39 is 6.10 Å². The van der Waals surface area contributed by atoms with Crippen LogP contribution in [0, 0.1) is 5.82 Å². The minimum Gasteiger partial charge on any atom is -0.497 e. The van der Waals surface area contributed by atoms with Crippen molar-refractivity contribution in [3.63, 3.8) is 0 Å². The maximum Gasteiger partial charge on any atom is 0.264 e. The molecule has 7 nitrogen and oxygen atoms in total. The number of hydrogen-bond acceptors (Lipinski definition) is 5. The van der Waals surface area contributed by atoms with E-state index in [0.29, 0.717) is 17.1 Å². The number of halogens is 1. The summed E-state index contributed by atoms with van der Waals surface area (Å²) in [5.74, 6) is 0.686. The van der Waals surface area contributed by atoms with Crippen LogP contribution in [0.1, 0.15) is 30.8 Å². The van der Waals surface area contributed by atoms with Crippen molar-refractivity contribution in [2.45, 2.75) is 25.5 Å². The molecule has 2 aromatic carbocycles. The summed E-state index contributed by atoms with van der Waals surface area (Å²) in [4.78, 5) is 25.5. The monoisotopic (exact) mass is 382 g/mol. The molecule has 0 radical (unpaired) electrons. The fraction of sp³-hybridized carbons (Fsp3) is 0.250. The van der Waals surface area contributed by atoms with Gasteiger partial charge in [0.1, 0.15) is 17.4 Å². The molecule has 2 atom stereocenters. The van der Waals surface area contributed by atoms with Crippen molar-refractivity contribution in [3.8, 4) is 5.75 Å². The van der Waals surface area contributed by atoms with E-state index in [0.717, 1.165) is 16.8 Å². The lowest BCUT2D eigenvalue weighted by molar-refractivity contribution is -0.131. The number of fused-ring (bicyclic) bond motifs is 1. The molecule has 0 aliphatic carbocycles. The van der Waals surface area contributed by atoms with E-state index in [1.165, 1.54) is 12.1 Å². The standard InChI is InChI=1S/C20H19FN4O3/c1-11(19-23-15-7-6-14(27-2)9-17(15)24-19)22-20(26)18-10-16(25-28-18)12-4-3-5-13(21)8-12/h3-9,11,18H,10H2,1-2H3,(H,22,26)(H,23,24)/t11-,18-/m0/s1. The van der Waals surface area contributed by atoms with Gasteiger partial charge in [-0.2, -0.15) is 0 Å². The van der Waals surface area contributed by atoms with Crippen LogP contribution in [0.3, 0.4) is 0 Å². The number of carbonyl (C=O) groups is 1. The number of imidazole rings is 1. The zero-order valence-electron chi connectivity index (χ0n) is 15.4. The molecule has 2 heterocycles. The summed E-state index contributed by atoms with van der Waals surface area (Å²) >= 11 is 0. The van der Waals surface area contributed by atoms with E-state index in [4.69, 9.17) is 9.57 Å². The summed E-state index contributed by atoms with van der Waals surface area (Å²) in [5, 5.41) is 6.81. The first-order chi connectivity index (χ1) is 13.5. The van der Waals surface area contributed by atoms with Crippen LogP contribution >= 0.6 is 0 Å². The van der Waals surface area contributed by atoms with Gasteiger partial charge in [-0.15, -0.1) is 0 Å². The van der Waals surface area contributed by atoms with Crippen LogP contribution in [0.2, 0.25) is 0 Å². The second-order valence-corrected chi connectivity index (χ2v) is 6.58. The van der Waals surface area contributed by atoms with Gasteiger partial charge in [-0.1, -0.05) is 17.3 Å². The molecule has 0 spiro atoms. The van der Waals surface area contributed by atoms with Gasteiger partial charge in [-0.05, 0) is 31.2 Å². The van der Waals surface area contributed by atoms with Crippen LogP contribution in [0.5, 0.6) is 5.75 Å². The normalized spacial score (nSPS) is 17.1. The Morgan fingerprint density at radius 2 is 2.21 bits per heavy atom. The van der Waals surface area contributed by atoms with Gasteiger partial charge in [0.2, 0.25) is 6.10 Å². The number of nitrogens with zero attached hydrogens (tertiary/aromatic N) is 2. The first-order valence-corrected chi connectivity index (χ1v) is 8.86. The van der Waals surface area contributed by atoms with Crippen molar-refractivity contribution < 1.29 is 18.8 Å². The Morgan fingerprint density at radius 1 is 1.36 bits per heavy atom. The number of hydrogen-bond donors (Lipinski definition) is 2. The number of benzene rings is 2. The topological polar surface area (TPSA) is 88.6 Å². The van der Waals surface area contributed by atoms with Gasteiger partial charge in [0.15, 0.2) is 0 Å². The SMILES string of the molecule is COc1ccc2nc([C@H](C)NC(=O)[C@@H]3CC(c4cccc(F)c4)=NO3)[nH]c2c1. The van der Waals surface area contributed by atoms with E-state index >= 15 is 0 Å². The van der Waals surface area contributed by atoms with E-state index in [1.54, 1.807) is 19.2 Å². The highest BCUT2D eigenvalue weighted by Gasteiger charge is 2.30. The number of aromatic amines is 1. The molecule has 3 aromatic rings. The third-order valence-electron chi connectivity index (χ3n) is 4.60. The maximum atomic E-state index is 13.4. The van der Waals surface area contributed by atoms with E-state index in [1.807, 2.05) is 25.1 Å². The Labute approximate surface area is 160 Å². The second-order valence-electron chi connectivity index (χ2n) is 6.58. The van der Waals surface area contributed by atoms with Gasteiger partial charge in [0.25, 0.3) is 5.91 Å². The highest BCUT2D eigenvalue weighted by molar-refractivity contribution is 6.04. The first-order valence-electron chi connectivity index (χ1n) is 8.86. The molecule has 28 heavy (non-hydrogen) atoms. The van der Waals surface area contributed by atoms with Gasteiger partial charge in [0.05, 0.1) is 29.9 Å². The zero-order chi connectivity index (χ0) is 19.7. The fourth-order valence-corrected chi connectivity index (χ4v) is 3.07. The number of rotatable bonds is 5. The number of amides is 1. The van der Waals surface area contributed by atoms with Crippen molar-refractivity contribution in [1.29, 1.82) is 0 Å². The van der Waals surface area contributed by atoms with E-state index in [9.17, 15) is 9.18 Å². The van der Waals surface area contributed by atoms with Gasteiger partial charge in [0, 0.05) is 18.1 Å². The van der Waals surface area contributed by atoms with E-state index in [2.05, 4.69) is 20.4 Å². The number of ether oxygens (including phenoxy) is 1. The number of carbonyl (C=O) groups excluding carboxylic acids is 1. The molecule has 0 saturated heterocycles. The highest BCUT2D eigenvalue weighted by atomic mass is 19.1. The van der Waals surface area contributed by atoms with Crippen molar-refractivity contribution in [2.24, 2.45) is 5.16 Å². The van der Waals surface area contributed by atoms with Crippen molar-refractivity contribution in [1.82, 2.24) is 15.3 Å². The van der Waals surface area contributed by atoms with Crippen LogP contribution in [0.4, 0.5) is 4.39 Å². The molecule has 1 aliphatic rings. The molecule has 1 aromatic heterocycles. The minimum atomic E-state index is -0.759. The molecule has 4 rings (SSSR count). The largest absolute Gasteiger partial charge is 0.497 e. The predicted octanol–water partition coefficient (Wildman–Crippen LogP) is 3.08. The number of H-pyrrole nitrogens is 1. The summed E-state index contributed by atoms with van der Waals surface area (Å²) in [5.41, 5.74) is 2.76. The summed E-state index contributed by atoms with van der Waals surface area (Å²) in [6.45, 7) is 1.83. The zero-order valence-corrected chi connectivity index (χ0v) is 15.4. The lowest BCUT2D eigenvalue weighted by atomic mass is 10.0. The molecule has 144 valence electrons. The Bertz CT molecular complexity index is 1060. The molecular formula is C20H19FN4O3. The summed E-state index contributed by atoms with van der Waals surface area (Å²) < 4.78 is 18.6. The molecule has 1 aliphatic heterocycles. The maximum absolute atomic E-state index is 13.4. The predicted molar refractivity (Wildman–Crippen MR) is 102 cm³/mol. The average molecular weight is 382 g/mol. The molecular weight excluding hydrogens is 363 g/mol. The smallest absolute Gasteiger partial charge is 0.264 e. The number of nitrogens with one attached hydrogen (secondary N) is 2. The van der Waals surface area contributed by atoms with Gasteiger partial charge in [-0.25, -0.2) is 9.37 Å². The summed E-state index contributed by atoms with van der Waals surface area (Å²) in [7, 11) is 1.60. The van der Waals surface area contributed by atoms with Crippen LogP contribution in [-0.2, 0) is 9.63 Å². The van der Waals surface area contributed by atoms with Gasteiger partial charge in [-0.3, -0.25) is 4.79 Å². The number of aromatic nitrogens is 2. The number of oxime groups is 1. The number of methoxy groups -OCH3 is 1. The Hall–Kier alpha value is -3.42. The van der Waals surface area contributed by atoms with Crippen LogP contribution < -0.4 is 10.1 Å². The third-order valence-corrected chi connectivity index (χ3v) is 4.60. The first kappa shape index (κ1) is 18.0. The van der Waals surface area contributed by atoms with Crippen molar-refractivity contribution in [2.75, 3.05) is 7.11 Å².